The number of hydrogen-bond acceptors (Lipinski definition) is 2. The number of rotatable bonds is 5. The molecule has 0 fully saturated rings. The van der Waals surface area contributed by atoms with E-state index < -0.39 is 0 Å². The van der Waals surface area contributed by atoms with Crippen molar-refractivity contribution in [1.82, 2.24) is 5.32 Å². The highest BCUT2D eigenvalue weighted by Crippen LogP contribution is 2.22. The summed E-state index contributed by atoms with van der Waals surface area (Å²) >= 11 is 0. The Kier molecular flexibility index (Phi) is 4.56. The van der Waals surface area contributed by atoms with Crippen LogP contribution in [0.2, 0.25) is 0 Å². The van der Waals surface area contributed by atoms with Gasteiger partial charge in [-0.2, -0.15) is 0 Å². The zero-order chi connectivity index (χ0) is 14.5. The van der Waals surface area contributed by atoms with E-state index in [4.69, 9.17) is 4.42 Å². The Balaban J connectivity index is 2.01. The van der Waals surface area contributed by atoms with E-state index in [9.17, 15) is 9.18 Å². The Morgan fingerprint density at radius 1 is 1.20 bits per heavy atom. The Hall–Kier alpha value is -2.10. The summed E-state index contributed by atoms with van der Waals surface area (Å²) in [5.74, 6) is 0.847. The molecule has 0 saturated carbocycles. The maximum absolute atomic E-state index is 12.8. The van der Waals surface area contributed by atoms with Gasteiger partial charge in [0.05, 0.1) is 0 Å². The Labute approximate surface area is 117 Å². The summed E-state index contributed by atoms with van der Waals surface area (Å²) in [4.78, 5) is 11.9. The molecule has 1 amide bonds. The van der Waals surface area contributed by atoms with E-state index in [2.05, 4.69) is 19.2 Å². The lowest BCUT2D eigenvalue weighted by atomic mass is 10.1. The number of carbonyl (C=O) groups excluding carboxylic acids is 1. The summed E-state index contributed by atoms with van der Waals surface area (Å²) in [7, 11) is 0. The quantitative estimate of drug-likeness (QED) is 0.900. The molecule has 0 spiro atoms. The molecule has 0 radical (unpaired) electrons. The van der Waals surface area contributed by atoms with Gasteiger partial charge >= 0.3 is 0 Å². The van der Waals surface area contributed by atoms with Gasteiger partial charge in [-0.1, -0.05) is 13.8 Å². The second-order valence-electron chi connectivity index (χ2n) is 5.11. The smallest absolute Gasteiger partial charge is 0.287 e. The van der Waals surface area contributed by atoms with Crippen molar-refractivity contribution in [2.75, 3.05) is 6.54 Å². The van der Waals surface area contributed by atoms with Gasteiger partial charge in [0.25, 0.3) is 5.91 Å². The third-order valence-electron chi connectivity index (χ3n) is 2.97. The number of halogens is 1. The van der Waals surface area contributed by atoms with Gasteiger partial charge in [0, 0.05) is 12.1 Å². The van der Waals surface area contributed by atoms with Crippen LogP contribution in [0, 0.1) is 11.7 Å². The fourth-order valence-corrected chi connectivity index (χ4v) is 1.79. The van der Waals surface area contributed by atoms with Gasteiger partial charge in [-0.3, -0.25) is 4.79 Å². The van der Waals surface area contributed by atoms with Crippen molar-refractivity contribution in [2.45, 2.75) is 20.3 Å². The van der Waals surface area contributed by atoms with E-state index >= 15 is 0 Å². The summed E-state index contributed by atoms with van der Waals surface area (Å²) in [6.45, 7) is 4.83. The first-order valence-corrected chi connectivity index (χ1v) is 6.70. The van der Waals surface area contributed by atoms with E-state index in [0.29, 0.717) is 18.2 Å². The average molecular weight is 275 g/mol. The minimum atomic E-state index is -0.299. The topological polar surface area (TPSA) is 42.2 Å². The number of benzene rings is 1. The molecule has 1 N–H and O–H groups in total. The molecule has 0 aliphatic rings. The predicted molar refractivity (Wildman–Crippen MR) is 75.9 cm³/mol. The van der Waals surface area contributed by atoms with Crippen LogP contribution in [0.15, 0.2) is 40.8 Å². The van der Waals surface area contributed by atoms with Gasteiger partial charge in [0.1, 0.15) is 11.6 Å². The summed E-state index contributed by atoms with van der Waals surface area (Å²) in [6.07, 6.45) is 0.928. The van der Waals surface area contributed by atoms with E-state index in [1.54, 1.807) is 24.3 Å². The summed E-state index contributed by atoms with van der Waals surface area (Å²) in [6, 6.07) is 9.30. The van der Waals surface area contributed by atoms with Gasteiger partial charge in [-0.05, 0) is 48.7 Å². The highest BCUT2D eigenvalue weighted by Gasteiger charge is 2.11. The Morgan fingerprint density at radius 3 is 2.55 bits per heavy atom. The molecule has 1 aromatic heterocycles. The van der Waals surface area contributed by atoms with Gasteiger partial charge in [0.15, 0.2) is 5.76 Å². The molecule has 1 aromatic carbocycles. The van der Waals surface area contributed by atoms with Crippen molar-refractivity contribution in [1.29, 1.82) is 0 Å². The minimum Gasteiger partial charge on any atom is -0.451 e. The lowest BCUT2D eigenvalue weighted by Gasteiger charge is -2.05. The number of carbonyl (C=O) groups is 1. The summed E-state index contributed by atoms with van der Waals surface area (Å²) < 4.78 is 18.3. The molecule has 0 bridgehead atoms. The van der Waals surface area contributed by atoms with Gasteiger partial charge < -0.3 is 9.73 Å². The number of furan rings is 1. The molecule has 0 unspecified atom stereocenters. The molecule has 3 nitrogen and oxygen atoms in total. The normalized spacial score (nSPS) is 10.8. The van der Waals surface area contributed by atoms with Crippen LogP contribution in [-0.2, 0) is 0 Å². The first-order chi connectivity index (χ1) is 9.56. The SMILES string of the molecule is CC(C)CCNC(=O)c1ccc(-c2ccc(F)cc2)o1. The van der Waals surface area contributed by atoms with Crippen LogP contribution in [0.4, 0.5) is 4.39 Å². The van der Waals surface area contributed by atoms with Crippen LogP contribution in [0.1, 0.15) is 30.8 Å². The fourth-order valence-electron chi connectivity index (χ4n) is 1.79. The average Bonchev–Trinajstić information content (AvgIpc) is 2.88. The molecule has 0 aliphatic carbocycles. The van der Waals surface area contributed by atoms with Crippen LogP contribution in [0.5, 0.6) is 0 Å². The molecule has 0 saturated heterocycles. The summed E-state index contributed by atoms with van der Waals surface area (Å²) in [5, 5.41) is 2.81. The highest BCUT2D eigenvalue weighted by atomic mass is 19.1. The minimum absolute atomic E-state index is 0.223. The first-order valence-electron chi connectivity index (χ1n) is 6.70. The zero-order valence-corrected chi connectivity index (χ0v) is 11.7. The number of nitrogens with one attached hydrogen (secondary N) is 1. The Bertz CT molecular complexity index is 572. The molecular formula is C16H18FNO2. The number of hydrogen-bond donors (Lipinski definition) is 1. The van der Waals surface area contributed by atoms with Gasteiger partial charge in [0.2, 0.25) is 0 Å². The van der Waals surface area contributed by atoms with Crippen LogP contribution in [-0.4, -0.2) is 12.5 Å². The van der Waals surface area contributed by atoms with Crippen LogP contribution < -0.4 is 5.32 Å². The van der Waals surface area contributed by atoms with Crippen LogP contribution in [0.25, 0.3) is 11.3 Å². The van der Waals surface area contributed by atoms with Crippen molar-refractivity contribution >= 4 is 5.91 Å². The zero-order valence-electron chi connectivity index (χ0n) is 11.7. The Morgan fingerprint density at radius 2 is 1.90 bits per heavy atom. The van der Waals surface area contributed by atoms with E-state index in [1.165, 1.54) is 12.1 Å². The molecule has 1 heterocycles. The number of amides is 1. The fraction of sp³-hybridized carbons (Fsp3) is 0.312. The van der Waals surface area contributed by atoms with Gasteiger partial charge in [-0.15, -0.1) is 0 Å². The molecule has 0 atom stereocenters. The molecule has 106 valence electrons. The lowest BCUT2D eigenvalue weighted by molar-refractivity contribution is 0.0925. The van der Waals surface area contributed by atoms with Crippen molar-refractivity contribution in [3.63, 3.8) is 0 Å². The maximum atomic E-state index is 12.8. The second-order valence-corrected chi connectivity index (χ2v) is 5.11. The van der Waals surface area contributed by atoms with Gasteiger partial charge in [-0.25, -0.2) is 4.39 Å². The third kappa shape index (κ3) is 3.70. The van der Waals surface area contributed by atoms with Crippen molar-refractivity contribution < 1.29 is 13.6 Å². The predicted octanol–water partition coefficient (Wildman–Crippen LogP) is 3.86. The highest BCUT2D eigenvalue weighted by molar-refractivity contribution is 5.92. The third-order valence-corrected chi connectivity index (χ3v) is 2.97. The van der Waals surface area contributed by atoms with Crippen molar-refractivity contribution in [3.05, 3.63) is 48.0 Å². The molecule has 20 heavy (non-hydrogen) atoms. The molecule has 2 rings (SSSR count). The molecule has 4 heteroatoms. The van der Waals surface area contributed by atoms with Crippen LogP contribution in [0.3, 0.4) is 0 Å². The van der Waals surface area contributed by atoms with E-state index in [1.807, 2.05) is 0 Å². The monoisotopic (exact) mass is 275 g/mol. The molecule has 2 aromatic rings. The van der Waals surface area contributed by atoms with Crippen molar-refractivity contribution in [2.24, 2.45) is 5.92 Å². The van der Waals surface area contributed by atoms with E-state index in [-0.39, 0.29) is 17.5 Å². The van der Waals surface area contributed by atoms with E-state index in [0.717, 1.165) is 12.0 Å². The largest absolute Gasteiger partial charge is 0.451 e. The lowest BCUT2D eigenvalue weighted by Crippen LogP contribution is -2.24. The second kappa shape index (κ2) is 6.37. The van der Waals surface area contributed by atoms with Crippen molar-refractivity contribution in [3.8, 4) is 11.3 Å². The van der Waals surface area contributed by atoms with Crippen LogP contribution >= 0.6 is 0 Å². The molecular weight excluding hydrogens is 257 g/mol. The summed E-state index contributed by atoms with van der Waals surface area (Å²) in [5.41, 5.74) is 0.743. The maximum Gasteiger partial charge on any atom is 0.287 e. The standard InChI is InChI=1S/C16H18FNO2/c1-11(2)9-10-18-16(19)15-8-7-14(20-15)12-3-5-13(17)6-4-12/h3-8,11H,9-10H2,1-2H3,(H,18,19). The first kappa shape index (κ1) is 14.3. The molecule has 0 aliphatic heterocycles.